The number of nitrogens with zero attached hydrogens (tertiary/aromatic N) is 2. The minimum absolute atomic E-state index is 0.00140. The Bertz CT molecular complexity index is 862. The van der Waals surface area contributed by atoms with Crippen LogP contribution in [0.4, 0.5) is 0 Å². The van der Waals surface area contributed by atoms with E-state index in [0.717, 1.165) is 84.0 Å². The predicted octanol–water partition coefficient (Wildman–Crippen LogP) is 14.2. The monoisotopic (exact) mass is 840 g/mol. The van der Waals surface area contributed by atoms with Gasteiger partial charge in [0.25, 0.3) is 0 Å². The maximum absolute atomic E-state index is 12.8. The van der Waals surface area contributed by atoms with E-state index in [0.29, 0.717) is 12.8 Å². The second kappa shape index (κ2) is 44.2. The van der Waals surface area contributed by atoms with E-state index >= 15 is 0 Å². The maximum atomic E-state index is 12.8. The summed E-state index contributed by atoms with van der Waals surface area (Å²) in [6.45, 7) is 13.3. The zero-order valence-electron chi connectivity index (χ0n) is 39.8. The van der Waals surface area contributed by atoms with Gasteiger partial charge in [-0.25, -0.2) is 0 Å². The van der Waals surface area contributed by atoms with Gasteiger partial charge in [-0.05, 0) is 117 Å². The van der Waals surface area contributed by atoms with E-state index in [1.165, 1.54) is 154 Å². The summed E-state index contributed by atoms with van der Waals surface area (Å²) >= 11 is 4.63. The Morgan fingerprint density at radius 3 is 1.22 bits per heavy atom. The Morgan fingerprint density at radius 2 is 0.810 bits per heavy atom. The van der Waals surface area contributed by atoms with Crippen LogP contribution in [0.2, 0.25) is 0 Å². The van der Waals surface area contributed by atoms with Crippen LogP contribution in [0, 0.1) is 0 Å². The molecule has 0 aliphatic heterocycles. The number of nitrogens with one attached hydrogen (secondary N) is 1. The van der Waals surface area contributed by atoms with Crippen molar-refractivity contribution in [3.63, 3.8) is 0 Å². The molecule has 2 unspecified atom stereocenters. The molecule has 0 radical (unpaired) electrons. The average molecular weight is 840 g/mol. The van der Waals surface area contributed by atoms with Crippen LogP contribution in [0.15, 0.2) is 0 Å². The number of thiol groups is 1. The summed E-state index contributed by atoms with van der Waals surface area (Å²) in [7, 11) is 4.10. The molecule has 346 valence electrons. The summed E-state index contributed by atoms with van der Waals surface area (Å²) < 4.78 is 11.9. The van der Waals surface area contributed by atoms with E-state index in [1.54, 1.807) is 0 Å². The lowest BCUT2D eigenvalue weighted by Gasteiger charge is -2.24. The Kier molecular flexibility index (Phi) is 43.6. The molecule has 0 saturated carbocycles. The van der Waals surface area contributed by atoms with Crippen molar-refractivity contribution in [3.8, 4) is 0 Å². The van der Waals surface area contributed by atoms with Crippen LogP contribution in [0.5, 0.6) is 0 Å². The number of esters is 2. The highest BCUT2D eigenvalue weighted by molar-refractivity contribution is 7.80. The van der Waals surface area contributed by atoms with Crippen molar-refractivity contribution in [3.05, 3.63) is 0 Å². The number of ether oxygens (including phenoxy) is 2. The summed E-state index contributed by atoms with van der Waals surface area (Å²) in [6.07, 6.45) is 40.9. The lowest BCUT2D eigenvalue weighted by atomic mass is 10.0. The molecule has 7 nitrogen and oxygen atoms in total. The fourth-order valence-corrected chi connectivity index (χ4v) is 8.01. The van der Waals surface area contributed by atoms with Crippen molar-refractivity contribution in [1.82, 2.24) is 15.1 Å². The molecule has 0 heterocycles. The summed E-state index contributed by atoms with van der Waals surface area (Å²) in [5.74, 6) is 0.0323. The molecule has 0 rings (SSSR count). The SMILES string of the molecule is CCCCCCCCC(CC)OC(=O)CCCCCCCN(CCCCCCCC(=O)OC(CCCCCCCC)CCCCCCCC)CCCNC(S)N(C)C. The van der Waals surface area contributed by atoms with Crippen LogP contribution < -0.4 is 5.32 Å². The fourth-order valence-electron chi connectivity index (χ4n) is 7.88. The topological polar surface area (TPSA) is 71.1 Å². The van der Waals surface area contributed by atoms with E-state index in [2.05, 4.69) is 55.4 Å². The van der Waals surface area contributed by atoms with E-state index in [9.17, 15) is 9.59 Å². The van der Waals surface area contributed by atoms with Gasteiger partial charge in [0.2, 0.25) is 0 Å². The number of hydrogen-bond donors (Lipinski definition) is 2. The Labute approximate surface area is 367 Å². The van der Waals surface area contributed by atoms with Crippen LogP contribution in [0.1, 0.15) is 252 Å². The first-order valence-corrected chi connectivity index (χ1v) is 26.0. The minimum Gasteiger partial charge on any atom is -0.462 e. The molecule has 0 aromatic heterocycles. The highest BCUT2D eigenvalue weighted by Crippen LogP contribution is 2.19. The van der Waals surface area contributed by atoms with Crippen LogP contribution in [0.3, 0.4) is 0 Å². The summed E-state index contributed by atoms with van der Waals surface area (Å²) in [6, 6.07) is 0. The molecular formula is C50H101N3O4S. The molecule has 0 spiro atoms. The van der Waals surface area contributed by atoms with Gasteiger partial charge < -0.3 is 14.4 Å². The smallest absolute Gasteiger partial charge is 0.306 e. The second-order valence-corrected chi connectivity index (χ2v) is 18.3. The molecule has 0 aliphatic carbocycles. The summed E-state index contributed by atoms with van der Waals surface area (Å²) in [4.78, 5) is 30.1. The average Bonchev–Trinajstić information content (AvgIpc) is 3.21. The Balaban J connectivity index is 4.45. The molecule has 0 aliphatic rings. The second-order valence-electron chi connectivity index (χ2n) is 17.8. The van der Waals surface area contributed by atoms with Crippen molar-refractivity contribution in [1.29, 1.82) is 0 Å². The molecule has 0 bridgehead atoms. The molecule has 2 atom stereocenters. The quantitative estimate of drug-likeness (QED) is 0.0274. The maximum Gasteiger partial charge on any atom is 0.306 e. The number of carbonyl (C=O) groups excluding carboxylic acids is 2. The number of rotatable bonds is 46. The van der Waals surface area contributed by atoms with Gasteiger partial charge in [-0.3, -0.25) is 19.8 Å². The zero-order chi connectivity index (χ0) is 42.7. The lowest BCUT2D eigenvalue weighted by Crippen LogP contribution is -2.38. The van der Waals surface area contributed by atoms with Crippen molar-refractivity contribution < 1.29 is 19.1 Å². The van der Waals surface area contributed by atoms with Crippen LogP contribution in [0.25, 0.3) is 0 Å². The van der Waals surface area contributed by atoms with Gasteiger partial charge in [-0.15, -0.1) is 12.6 Å². The number of unbranched alkanes of at least 4 members (excludes halogenated alkanes) is 23. The minimum atomic E-state index is 0.00140. The molecule has 0 aromatic carbocycles. The van der Waals surface area contributed by atoms with E-state index < -0.39 is 0 Å². The molecule has 8 heteroatoms. The molecule has 1 N–H and O–H groups in total. The van der Waals surface area contributed by atoms with Crippen molar-refractivity contribution >= 4 is 24.6 Å². The van der Waals surface area contributed by atoms with Gasteiger partial charge in [0, 0.05) is 12.8 Å². The highest BCUT2D eigenvalue weighted by Gasteiger charge is 2.15. The van der Waals surface area contributed by atoms with Gasteiger partial charge in [-0.2, -0.15) is 0 Å². The van der Waals surface area contributed by atoms with Crippen LogP contribution in [-0.4, -0.2) is 79.7 Å². The van der Waals surface area contributed by atoms with E-state index in [4.69, 9.17) is 9.47 Å². The lowest BCUT2D eigenvalue weighted by molar-refractivity contribution is -0.150. The molecule has 0 amide bonds. The predicted molar refractivity (Wildman–Crippen MR) is 255 cm³/mol. The van der Waals surface area contributed by atoms with E-state index in [1.807, 2.05) is 14.1 Å². The first kappa shape index (κ1) is 57.2. The first-order chi connectivity index (χ1) is 28.3. The molecule has 0 aromatic rings. The zero-order valence-corrected chi connectivity index (χ0v) is 40.7. The van der Waals surface area contributed by atoms with Crippen LogP contribution in [-0.2, 0) is 19.1 Å². The third-order valence-electron chi connectivity index (χ3n) is 11.9. The Hall–Kier alpha value is -0.830. The number of carbonyl (C=O) groups is 2. The first-order valence-electron chi connectivity index (χ1n) is 25.5. The highest BCUT2D eigenvalue weighted by atomic mass is 32.1. The van der Waals surface area contributed by atoms with Crippen LogP contribution >= 0.6 is 12.6 Å². The van der Waals surface area contributed by atoms with E-state index in [-0.39, 0.29) is 29.6 Å². The van der Waals surface area contributed by atoms with Gasteiger partial charge in [0.05, 0.1) is 0 Å². The van der Waals surface area contributed by atoms with Gasteiger partial charge in [-0.1, -0.05) is 163 Å². The normalized spacial score (nSPS) is 12.9. The Morgan fingerprint density at radius 1 is 0.466 bits per heavy atom. The van der Waals surface area contributed by atoms with Crippen molar-refractivity contribution in [2.45, 2.75) is 270 Å². The molecular weight excluding hydrogens is 739 g/mol. The number of hydrogen-bond acceptors (Lipinski definition) is 8. The fraction of sp³-hybridized carbons (Fsp3) is 0.960. The third kappa shape index (κ3) is 39.3. The van der Waals surface area contributed by atoms with Crippen molar-refractivity contribution in [2.75, 3.05) is 40.3 Å². The summed E-state index contributed by atoms with van der Waals surface area (Å²) in [5, 5.41) is 3.51. The largest absolute Gasteiger partial charge is 0.462 e. The summed E-state index contributed by atoms with van der Waals surface area (Å²) in [5.41, 5.74) is 0.0858. The standard InChI is InChI=1S/C50H101N3O4S/c1-7-11-14-17-22-29-37-46(10-4)56-48(54)40-32-25-20-27-34-43-53(45-36-42-51-50(58)52(5)6)44-35-28-21-26-33-41-49(55)57-47(38-30-23-18-15-12-8-2)39-31-24-19-16-13-9-3/h46-47,50-51,58H,7-45H2,1-6H3. The van der Waals surface area contributed by atoms with Crippen molar-refractivity contribution in [2.24, 2.45) is 0 Å². The molecule has 0 saturated heterocycles. The molecule has 58 heavy (non-hydrogen) atoms. The van der Waals surface area contributed by atoms with Gasteiger partial charge >= 0.3 is 11.9 Å². The van der Waals surface area contributed by atoms with Gasteiger partial charge in [0.15, 0.2) is 0 Å². The van der Waals surface area contributed by atoms with Gasteiger partial charge in [0.1, 0.15) is 17.7 Å². The molecule has 0 fully saturated rings. The third-order valence-corrected chi connectivity index (χ3v) is 12.5.